The first kappa shape index (κ1) is 18.4. The van der Waals surface area contributed by atoms with E-state index < -0.39 is 0 Å². The summed E-state index contributed by atoms with van der Waals surface area (Å²) < 4.78 is 5.28. The van der Waals surface area contributed by atoms with Gasteiger partial charge in [0, 0.05) is 4.88 Å². The maximum Gasteiger partial charge on any atom is 0.341 e. The zero-order valence-electron chi connectivity index (χ0n) is 15.2. The quantitative estimate of drug-likeness (QED) is 0.808. The number of nitrogens with one attached hydrogen (secondary N) is 1. The molecule has 1 aromatic rings. The number of hydrogen-bond acceptors (Lipinski definition) is 5. The molecule has 0 spiro atoms. The summed E-state index contributed by atoms with van der Waals surface area (Å²) in [6.45, 7) is 6.69. The molecular weight excluding hydrogens is 336 g/mol. The van der Waals surface area contributed by atoms with Crippen molar-refractivity contribution in [3.05, 3.63) is 16.0 Å². The van der Waals surface area contributed by atoms with Gasteiger partial charge in [-0.3, -0.25) is 9.69 Å². The van der Waals surface area contributed by atoms with Crippen LogP contribution in [0.5, 0.6) is 0 Å². The summed E-state index contributed by atoms with van der Waals surface area (Å²) >= 11 is 1.56. The number of anilines is 1. The molecule has 1 aliphatic carbocycles. The largest absolute Gasteiger partial charge is 0.462 e. The number of thiophene rings is 1. The molecule has 2 aliphatic rings. The molecule has 2 heterocycles. The van der Waals surface area contributed by atoms with Crippen molar-refractivity contribution in [3.8, 4) is 0 Å². The number of likely N-dealkylation sites (tertiary alicyclic amines) is 1. The third-order valence-corrected chi connectivity index (χ3v) is 6.28. The standard InChI is InChI=1S/C19H28N2O3S/c1-3-24-19(23)17-16-13(2)8-7-9-14(16)25-18(17)20-15(22)12-21-10-5-4-6-11-21/h13H,3-12H2,1-2H3,(H,20,22)/t13-/m0/s1. The SMILES string of the molecule is CCOC(=O)c1c(NC(=O)CN2CCCCC2)sc2c1[C@@H](C)CCC2. The van der Waals surface area contributed by atoms with Gasteiger partial charge in [-0.1, -0.05) is 13.3 Å². The van der Waals surface area contributed by atoms with Gasteiger partial charge in [-0.2, -0.15) is 0 Å². The van der Waals surface area contributed by atoms with Crippen LogP contribution in [0, 0.1) is 0 Å². The average Bonchev–Trinajstić information content (AvgIpc) is 2.95. The van der Waals surface area contributed by atoms with E-state index in [1.807, 2.05) is 6.92 Å². The first-order valence-corrected chi connectivity index (χ1v) is 10.3. The Morgan fingerprint density at radius 3 is 2.72 bits per heavy atom. The molecule has 0 aromatic carbocycles. The van der Waals surface area contributed by atoms with E-state index in [-0.39, 0.29) is 11.9 Å². The number of carbonyl (C=O) groups is 2. The minimum Gasteiger partial charge on any atom is -0.462 e. The second-order valence-corrected chi connectivity index (χ2v) is 8.15. The van der Waals surface area contributed by atoms with E-state index in [1.54, 1.807) is 11.3 Å². The molecule has 3 rings (SSSR count). The van der Waals surface area contributed by atoms with Gasteiger partial charge in [0.25, 0.3) is 0 Å². The van der Waals surface area contributed by atoms with Crippen molar-refractivity contribution in [1.29, 1.82) is 0 Å². The highest BCUT2D eigenvalue weighted by atomic mass is 32.1. The van der Waals surface area contributed by atoms with E-state index in [0.29, 0.717) is 29.6 Å². The highest BCUT2D eigenvalue weighted by molar-refractivity contribution is 7.17. The molecule has 1 N–H and O–H groups in total. The zero-order chi connectivity index (χ0) is 17.8. The molecule has 138 valence electrons. The van der Waals surface area contributed by atoms with Crippen molar-refractivity contribution in [2.24, 2.45) is 0 Å². The summed E-state index contributed by atoms with van der Waals surface area (Å²) in [4.78, 5) is 28.5. The van der Waals surface area contributed by atoms with Gasteiger partial charge in [0.15, 0.2) is 0 Å². The van der Waals surface area contributed by atoms with Crippen molar-refractivity contribution in [3.63, 3.8) is 0 Å². The van der Waals surface area contributed by atoms with E-state index in [9.17, 15) is 9.59 Å². The summed E-state index contributed by atoms with van der Waals surface area (Å²) in [5, 5.41) is 3.69. The van der Waals surface area contributed by atoms with Crippen LogP contribution in [-0.4, -0.2) is 43.0 Å². The first-order chi connectivity index (χ1) is 12.1. The van der Waals surface area contributed by atoms with Crippen molar-refractivity contribution in [2.75, 3.05) is 31.6 Å². The highest BCUT2D eigenvalue weighted by Crippen LogP contribution is 2.43. The summed E-state index contributed by atoms with van der Waals surface area (Å²) in [6, 6.07) is 0. The van der Waals surface area contributed by atoms with E-state index in [0.717, 1.165) is 50.8 Å². The Balaban J connectivity index is 1.79. The van der Waals surface area contributed by atoms with Gasteiger partial charge < -0.3 is 10.1 Å². The van der Waals surface area contributed by atoms with Crippen molar-refractivity contribution < 1.29 is 14.3 Å². The molecule has 6 heteroatoms. The van der Waals surface area contributed by atoms with Gasteiger partial charge in [-0.05, 0) is 63.6 Å². The molecule has 0 unspecified atom stereocenters. The van der Waals surface area contributed by atoms with Crippen LogP contribution >= 0.6 is 11.3 Å². The molecule has 1 saturated heterocycles. The molecule has 1 amide bonds. The number of rotatable bonds is 5. The zero-order valence-corrected chi connectivity index (χ0v) is 16.0. The molecule has 1 atom stereocenters. The second-order valence-electron chi connectivity index (χ2n) is 7.04. The van der Waals surface area contributed by atoms with Crippen molar-refractivity contribution in [1.82, 2.24) is 4.90 Å². The molecule has 1 aromatic heterocycles. The first-order valence-electron chi connectivity index (χ1n) is 9.45. The fourth-order valence-corrected chi connectivity index (χ4v) is 5.26. The van der Waals surface area contributed by atoms with E-state index in [1.165, 1.54) is 11.3 Å². The summed E-state index contributed by atoms with van der Waals surface area (Å²) in [5.41, 5.74) is 1.70. The molecule has 0 bridgehead atoms. The van der Waals surface area contributed by atoms with Crippen LogP contribution in [0.2, 0.25) is 0 Å². The highest BCUT2D eigenvalue weighted by Gasteiger charge is 2.31. The Kier molecular flexibility index (Phi) is 6.12. The second kappa shape index (κ2) is 8.32. The van der Waals surface area contributed by atoms with Gasteiger partial charge in [-0.15, -0.1) is 11.3 Å². The predicted molar refractivity (Wildman–Crippen MR) is 101 cm³/mol. The Morgan fingerprint density at radius 1 is 1.24 bits per heavy atom. The number of nitrogens with zero attached hydrogens (tertiary/aromatic N) is 1. The van der Waals surface area contributed by atoms with Crippen LogP contribution in [-0.2, 0) is 16.0 Å². The number of esters is 1. The van der Waals surface area contributed by atoms with E-state index in [4.69, 9.17) is 4.74 Å². The Hall–Kier alpha value is -1.40. The third-order valence-electron chi connectivity index (χ3n) is 5.10. The lowest BCUT2D eigenvalue weighted by molar-refractivity contribution is -0.117. The molecular formula is C19H28N2O3S. The fraction of sp³-hybridized carbons (Fsp3) is 0.684. The summed E-state index contributed by atoms with van der Waals surface area (Å²) in [6.07, 6.45) is 6.77. The molecule has 1 aliphatic heterocycles. The van der Waals surface area contributed by atoms with E-state index >= 15 is 0 Å². The maximum absolute atomic E-state index is 12.5. The number of piperidine rings is 1. The fourth-order valence-electron chi connectivity index (χ4n) is 3.89. The van der Waals surface area contributed by atoms with Gasteiger partial charge >= 0.3 is 5.97 Å². The van der Waals surface area contributed by atoms with Gasteiger partial charge in [0.1, 0.15) is 5.00 Å². The van der Waals surface area contributed by atoms with Crippen LogP contribution < -0.4 is 5.32 Å². The topological polar surface area (TPSA) is 58.6 Å². The van der Waals surface area contributed by atoms with Gasteiger partial charge in [0.05, 0.1) is 18.7 Å². The third kappa shape index (κ3) is 4.23. The number of carbonyl (C=O) groups excluding carboxylic acids is 2. The Bertz CT molecular complexity index is 635. The molecule has 1 fully saturated rings. The number of aryl methyl sites for hydroxylation is 1. The molecule has 5 nitrogen and oxygen atoms in total. The minimum absolute atomic E-state index is 0.0290. The van der Waals surface area contributed by atoms with Crippen molar-refractivity contribution >= 4 is 28.2 Å². The monoisotopic (exact) mass is 364 g/mol. The summed E-state index contributed by atoms with van der Waals surface area (Å²) in [5.74, 6) is 0.00729. The maximum atomic E-state index is 12.5. The van der Waals surface area contributed by atoms with Gasteiger partial charge in [-0.25, -0.2) is 4.79 Å². The summed E-state index contributed by atoms with van der Waals surface area (Å²) in [7, 11) is 0. The van der Waals surface area contributed by atoms with Crippen LogP contribution in [0.25, 0.3) is 0 Å². The minimum atomic E-state index is -0.304. The molecule has 0 saturated carbocycles. The molecule has 0 radical (unpaired) electrons. The average molecular weight is 365 g/mol. The number of amides is 1. The molecule has 25 heavy (non-hydrogen) atoms. The van der Waals surface area contributed by atoms with Crippen LogP contribution in [0.4, 0.5) is 5.00 Å². The van der Waals surface area contributed by atoms with Crippen molar-refractivity contribution in [2.45, 2.75) is 58.3 Å². The van der Waals surface area contributed by atoms with Gasteiger partial charge in [0.2, 0.25) is 5.91 Å². The van der Waals surface area contributed by atoms with Crippen LogP contribution in [0.15, 0.2) is 0 Å². The number of fused-ring (bicyclic) bond motifs is 1. The number of ether oxygens (including phenoxy) is 1. The van der Waals surface area contributed by atoms with E-state index in [2.05, 4.69) is 17.1 Å². The predicted octanol–water partition coefficient (Wildman–Crippen LogP) is 3.79. The van der Waals surface area contributed by atoms with Crippen LogP contribution in [0.3, 0.4) is 0 Å². The normalized spacial score (nSPS) is 20.8. The lowest BCUT2D eigenvalue weighted by atomic mass is 9.86. The lowest BCUT2D eigenvalue weighted by Crippen LogP contribution is -2.36. The van der Waals surface area contributed by atoms with Crippen LogP contribution in [0.1, 0.15) is 72.7 Å². The Morgan fingerprint density at radius 2 is 2.00 bits per heavy atom. The Labute approximate surface area is 153 Å². The number of hydrogen-bond donors (Lipinski definition) is 1. The lowest BCUT2D eigenvalue weighted by Gasteiger charge is -2.25. The smallest absolute Gasteiger partial charge is 0.341 e.